The summed E-state index contributed by atoms with van der Waals surface area (Å²) in [6, 6.07) is 4.72. The van der Waals surface area contributed by atoms with Gasteiger partial charge in [0.15, 0.2) is 0 Å². The standard InChI is InChI=1S/C18H27FN4O4S/c1-14(2)20-17(24)12-21(3)13-18(25)22-8-10-23(11-9-22)28(26,27)16-6-4-15(19)5-7-16/h4-7,14H,8-13H2,1-3H3,(H,20,24). The molecule has 1 heterocycles. The molecule has 0 atom stereocenters. The van der Waals surface area contributed by atoms with Gasteiger partial charge < -0.3 is 10.2 Å². The predicted octanol–water partition coefficient (Wildman–Crippen LogP) is 0.115. The number of carbonyl (C=O) groups excluding carboxylic acids is 2. The van der Waals surface area contributed by atoms with E-state index in [1.807, 2.05) is 13.8 Å². The van der Waals surface area contributed by atoms with E-state index in [0.717, 1.165) is 12.1 Å². The maximum Gasteiger partial charge on any atom is 0.243 e. The van der Waals surface area contributed by atoms with Gasteiger partial charge in [0.05, 0.1) is 18.0 Å². The van der Waals surface area contributed by atoms with Crippen molar-refractivity contribution < 1.29 is 22.4 Å². The van der Waals surface area contributed by atoms with E-state index in [4.69, 9.17) is 0 Å². The van der Waals surface area contributed by atoms with Crippen molar-refractivity contribution >= 4 is 21.8 Å². The van der Waals surface area contributed by atoms with Crippen LogP contribution >= 0.6 is 0 Å². The summed E-state index contributed by atoms with van der Waals surface area (Å²) in [6.07, 6.45) is 0. The van der Waals surface area contributed by atoms with Gasteiger partial charge >= 0.3 is 0 Å². The van der Waals surface area contributed by atoms with Crippen LogP contribution in [0.4, 0.5) is 4.39 Å². The lowest BCUT2D eigenvalue weighted by atomic mass is 10.3. The average Bonchev–Trinajstić information content (AvgIpc) is 2.61. The molecular formula is C18H27FN4O4S. The molecule has 1 aromatic carbocycles. The maximum atomic E-state index is 13.0. The number of rotatable bonds is 7. The molecule has 8 nitrogen and oxygen atoms in total. The second kappa shape index (κ2) is 9.44. The number of nitrogens with one attached hydrogen (secondary N) is 1. The van der Waals surface area contributed by atoms with E-state index in [-0.39, 0.29) is 62.0 Å². The molecule has 2 amide bonds. The Hall–Kier alpha value is -2.04. The normalized spacial score (nSPS) is 15.9. The molecule has 1 aromatic rings. The van der Waals surface area contributed by atoms with Crippen molar-refractivity contribution in [1.29, 1.82) is 0 Å². The Labute approximate surface area is 165 Å². The Morgan fingerprint density at radius 3 is 2.21 bits per heavy atom. The Bertz CT molecular complexity index is 790. The molecule has 0 bridgehead atoms. The van der Waals surface area contributed by atoms with Gasteiger partial charge in [0.2, 0.25) is 21.8 Å². The van der Waals surface area contributed by atoms with E-state index < -0.39 is 15.8 Å². The molecule has 156 valence electrons. The highest BCUT2D eigenvalue weighted by Gasteiger charge is 2.30. The van der Waals surface area contributed by atoms with Crippen molar-refractivity contribution in [2.45, 2.75) is 24.8 Å². The number of hydrogen-bond acceptors (Lipinski definition) is 5. The van der Waals surface area contributed by atoms with Crippen molar-refractivity contribution in [2.75, 3.05) is 46.3 Å². The number of carbonyl (C=O) groups is 2. The molecule has 2 rings (SSSR count). The van der Waals surface area contributed by atoms with Crippen LogP contribution in [-0.4, -0.2) is 86.7 Å². The Kier molecular flexibility index (Phi) is 7.50. The second-order valence-corrected chi connectivity index (χ2v) is 9.07. The number of sulfonamides is 1. The Balaban J connectivity index is 1.86. The third kappa shape index (κ3) is 5.98. The lowest BCUT2D eigenvalue weighted by Gasteiger charge is -2.34. The molecule has 0 aliphatic carbocycles. The zero-order valence-electron chi connectivity index (χ0n) is 16.4. The zero-order chi connectivity index (χ0) is 20.9. The molecule has 1 saturated heterocycles. The average molecular weight is 415 g/mol. The summed E-state index contributed by atoms with van der Waals surface area (Å²) in [6.45, 7) is 4.80. The molecule has 0 saturated carbocycles. The van der Waals surface area contributed by atoms with Crippen LogP contribution in [0.2, 0.25) is 0 Å². The first-order valence-corrected chi connectivity index (χ1v) is 10.5. The maximum absolute atomic E-state index is 13.0. The third-order valence-corrected chi connectivity index (χ3v) is 6.22. The predicted molar refractivity (Wildman–Crippen MR) is 103 cm³/mol. The molecule has 0 aromatic heterocycles. The minimum atomic E-state index is -3.71. The van der Waals surface area contributed by atoms with Crippen LogP contribution < -0.4 is 5.32 Å². The van der Waals surface area contributed by atoms with Gasteiger partial charge in [0.25, 0.3) is 0 Å². The molecule has 1 aliphatic heterocycles. The highest BCUT2D eigenvalue weighted by atomic mass is 32.2. The van der Waals surface area contributed by atoms with Crippen LogP contribution in [0.1, 0.15) is 13.8 Å². The zero-order valence-corrected chi connectivity index (χ0v) is 17.2. The van der Waals surface area contributed by atoms with Crippen LogP contribution in [0.5, 0.6) is 0 Å². The number of piperazine rings is 1. The van der Waals surface area contributed by atoms with Gasteiger partial charge in [-0.2, -0.15) is 4.31 Å². The molecule has 1 N–H and O–H groups in total. The first-order valence-electron chi connectivity index (χ1n) is 9.11. The van der Waals surface area contributed by atoms with Gasteiger partial charge in [0, 0.05) is 32.2 Å². The Morgan fingerprint density at radius 1 is 1.11 bits per heavy atom. The fourth-order valence-electron chi connectivity index (χ4n) is 2.93. The lowest BCUT2D eigenvalue weighted by molar-refractivity contribution is -0.133. The van der Waals surface area contributed by atoms with Crippen molar-refractivity contribution in [3.05, 3.63) is 30.1 Å². The molecular weight excluding hydrogens is 387 g/mol. The SMILES string of the molecule is CC(C)NC(=O)CN(C)CC(=O)N1CCN(S(=O)(=O)c2ccc(F)cc2)CC1. The number of benzene rings is 1. The second-order valence-electron chi connectivity index (χ2n) is 7.13. The number of nitrogens with zero attached hydrogens (tertiary/aromatic N) is 3. The van der Waals surface area contributed by atoms with E-state index in [1.54, 1.807) is 16.8 Å². The topological polar surface area (TPSA) is 90.0 Å². The summed E-state index contributed by atoms with van der Waals surface area (Å²) in [5, 5.41) is 2.77. The molecule has 0 unspecified atom stereocenters. The summed E-state index contributed by atoms with van der Waals surface area (Å²) in [5.41, 5.74) is 0. The minimum Gasteiger partial charge on any atom is -0.353 e. The highest BCUT2D eigenvalue weighted by molar-refractivity contribution is 7.89. The summed E-state index contributed by atoms with van der Waals surface area (Å²) >= 11 is 0. The molecule has 10 heteroatoms. The van der Waals surface area contributed by atoms with Gasteiger partial charge in [0.1, 0.15) is 5.82 Å². The number of hydrogen-bond donors (Lipinski definition) is 1. The smallest absolute Gasteiger partial charge is 0.243 e. The van der Waals surface area contributed by atoms with Crippen molar-refractivity contribution in [2.24, 2.45) is 0 Å². The highest BCUT2D eigenvalue weighted by Crippen LogP contribution is 2.18. The molecule has 1 fully saturated rings. The van der Waals surface area contributed by atoms with Gasteiger partial charge in [-0.3, -0.25) is 14.5 Å². The molecule has 0 radical (unpaired) electrons. The quantitative estimate of drug-likeness (QED) is 0.684. The monoisotopic (exact) mass is 414 g/mol. The minimum absolute atomic E-state index is 0.0320. The lowest BCUT2D eigenvalue weighted by Crippen LogP contribution is -2.52. The fraction of sp³-hybridized carbons (Fsp3) is 0.556. The first-order chi connectivity index (χ1) is 13.1. The Morgan fingerprint density at radius 2 is 1.68 bits per heavy atom. The van der Waals surface area contributed by atoms with Gasteiger partial charge in [-0.1, -0.05) is 0 Å². The first kappa shape index (κ1) is 22.3. The molecule has 28 heavy (non-hydrogen) atoms. The largest absolute Gasteiger partial charge is 0.353 e. The molecule has 1 aliphatic rings. The van der Waals surface area contributed by atoms with E-state index in [9.17, 15) is 22.4 Å². The van der Waals surface area contributed by atoms with Crippen LogP contribution in [-0.2, 0) is 19.6 Å². The van der Waals surface area contributed by atoms with Crippen molar-refractivity contribution in [3.63, 3.8) is 0 Å². The van der Waals surface area contributed by atoms with E-state index in [2.05, 4.69) is 5.32 Å². The van der Waals surface area contributed by atoms with Crippen molar-refractivity contribution in [1.82, 2.24) is 19.4 Å². The van der Waals surface area contributed by atoms with Crippen LogP contribution in [0, 0.1) is 5.82 Å². The van der Waals surface area contributed by atoms with Crippen LogP contribution in [0.15, 0.2) is 29.2 Å². The molecule has 0 spiro atoms. The number of likely N-dealkylation sites (N-methyl/N-ethyl adjacent to an activating group) is 1. The number of halogens is 1. The summed E-state index contributed by atoms with van der Waals surface area (Å²) in [7, 11) is -2.03. The van der Waals surface area contributed by atoms with Crippen LogP contribution in [0.3, 0.4) is 0 Å². The van der Waals surface area contributed by atoms with Gasteiger partial charge in [-0.25, -0.2) is 12.8 Å². The summed E-state index contributed by atoms with van der Waals surface area (Å²) < 4.78 is 39.5. The van der Waals surface area contributed by atoms with E-state index >= 15 is 0 Å². The summed E-state index contributed by atoms with van der Waals surface area (Å²) in [4.78, 5) is 27.4. The van der Waals surface area contributed by atoms with E-state index in [0.29, 0.717) is 0 Å². The van der Waals surface area contributed by atoms with Crippen molar-refractivity contribution in [3.8, 4) is 0 Å². The van der Waals surface area contributed by atoms with Gasteiger partial charge in [-0.05, 0) is 45.2 Å². The van der Waals surface area contributed by atoms with E-state index in [1.165, 1.54) is 16.4 Å². The number of amides is 2. The van der Waals surface area contributed by atoms with Gasteiger partial charge in [-0.15, -0.1) is 0 Å². The third-order valence-electron chi connectivity index (χ3n) is 4.31. The fourth-order valence-corrected chi connectivity index (χ4v) is 4.36. The van der Waals surface area contributed by atoms with Crippen LogP contribution in [0.25, 0.3) is 0 Å². The summed E-state index contributed by atoms with van der Waals surface area (Å²) in [5.74, 6) is -0.806.